The van der Waals surface area contributed by atoms with Gasteiger partial charge in [0.15, 0.2) is 5.82 Å². The Morgan fingerprint density at radius 1 is 1.19 bits per heavy atom. The van der Waals surface area contributed by atoms with E-state index in [1.165, 1.54) is 0 Å². The number of nitrogens with one attached hydrogen (secondary N) is 1. The number of aromatic nitrogens is 4. The molecule has 0 bridgehead atoms. The van der Waals surface area contributed by atoms with Gasteiger partial charge in [-0.05, 0) is 32.0 Å². The van der Waals surface area contributed by atoms with Gasteiger partial charge in [0.1, 0.15) is 17.4 Å². The Hall–Kier alpha value is -3.57. The van der Waals surface area contributed by atoms with Crippen LogP contribution in [0.25, 0.3) is 11.4 Å². The van der Waals surface area contributed by atoms with Crippen molar-refractivity contribution in [1.29, 1.82) is 5.26 Å². The number of benzene rings is 1. The predicted octanol–water partition coefficient (Wildman–Crippen LogP) is 2.80. The second-order valence-electron chi connectivity index (χ2n) is 5.71. The molecule has 0 aliphatic rings. The molecule has 0 unspecified atom stereocenters. The van der Waals surface area contributed by atoms with Gasteiger partial charge in [-0.25, -0.2) is 15.0 Å². The van der Waals surface area contributed by atoms with E-state index in [9.17, 15) is 5.26 Å². The van der Waals surface area contributed by atoms with Gasteiger partial charge in [-0.3, -0.25) is 0 Å². The summed E-state index contributed by atoms with van der Waals surface area (Å²) in [4.78, 5) is 17.3. The largest absolute Gasteiger partial charge is 0.438 e. The van der Waals surface area contributed by atoms with E-state index >= 15 is 0 Å². The molecule has 1 aromatic carbocycles. The molecule has 0 saturated carbocycles. The SMILES string of the molecule is CCNc1cc(Oc2cc(C#N)ccc2-c2ncc(CN)cn2)nc(C)n1. The van der Waals surface area contributed by atoms with Crippen LogP contribution in [-0.4, -0.2) is 26.5 Å². The number of aryl methyl sites for hydroxylation is 1. The molecule has 3 rings (SSSR count). The average Bonchev–Trinajstić information content (AvgIpc) is 2.68. The molecule has 3 aromatic rings. The van der Waals surface area contributed by atoms with Crippen LogP contribution in [-0.2, 0) is 6.54 Å². The Bertz CT molecular complexity index is 980. The average molecular weight is 361 g/mol. The van der Waals surface area contributed by atoms with Gasteiger partial charge in [0.25, 0.3) is 0 Å². The molecule has 136 valence electrons. The molecule has 0 amide bonds. The molecule has 8 heteroatoms. The van der Waals surface area contributed by atoms with Crippen LogP contribution in [0.15, 0.2) is 36.7 Å². The fourth-order valence-corrected chi connectivity index (χ4v) is 2.44. The van der Waals surface area contributed by atoms with Gasteiger partial charge >= 0.3 is 0 Å². The van der Waals surface area contributed by atoms with E-state index in [0.29, 0.717) is 46.8 Å². The van der Waals surface area contributed by atoms with Crippen LogP contribution >= 0.6 is 0 Å². The molecule has 3 N–H and O–H groups in total. The Kier molecular flexibility index (Phi) is 5.54. The standard InChI is InChI=1S/C19H19N7O/c1-3-22-17-7-18(26-12(2)25-17)27-16-6-13(8-20)4-5-15(16)19-23-10-14(9-21)11-24-19/h4-7,10-11H,3,9,21H2,1-2H3,(H,22,25,26). The summed E-state index contributed by atoms with van der Waals surface area (Å²) in [5.74, 6) is 2.53. The summed E-state index contributed by atoms with van der Waals surface area (Å²) in [5.41, 5.74) is 7.55. The first-order chi connectivity index (χ1) is 13.1. The zero-order valence-electron chi connectivity index (χ0n) is 15.1. The van der Waals surface area contributed by atoms with Crippen molar-refractivity contribution in [2.24, 2.45) is 5.73 Å². The van der Waals surface area contributed by atoms with E-state index in [0.717, 1.165) is 12.1 Å². The van der Waals surface area contributed by atoms with Gasteiger partial charge in [-0.1, -0.05) is 0 Å². The smallest absolute Gasteiger partial charge is 0.224 e. The van der Waals surface area contributed by atoms with Gasteiger partial charge in [-0.15, -0.1) is 0 Å². The van der Waals surface area contributed by atoms with Crippen molar-refractivity contribution in [2.75, 3.05) is 11.9 Å². The van der Waals surface area contributed by atoms with Crippen molar-refractivity contribution in [3.05, 3.63) is 53.6 Å². The highest BCUT2D eigenvalue weighted by Crippen LogP contribution is 2.32. The number of rotatable bonds is 6. The topological polar surface area (TPSA) is 123 Å². The number of nitrogens with two attached hydrogens (primary N) is 1. The van der Waals surface area contributed by atoms with Crippen molar-refractivity contribution >= 4 is 5.82 Å². The summed E-state index contributed by atoms with van der Waals surface area (Å²) >= 11 is 0. The minimum atomic E-state index is 0.366. The lowest BCUT2D eigenvalue weighted by molar-refractivity contribution is 0.461. The van der Waals surface area contributed by atoms with E-state index in [-0.39, 0.29) is 0 Å². The lowest BCUT2D eigenvalue weighted by Gasteiger charge is -2.12. The van der Waals surface area contributed by atoms with Crippen LogP contribution in [0.5, 0.6) is 11.6 Å². The minimum Gasteiger partial charge on any atom is -0.438 e. The molecule has 0 atom stereocenters. The quantitative estimate of drug-likeness (QED) is 0.687. The van der Waals surface area contributed by atoms with Gasteiger partial charge in [0.2, 0.25) is 5.88 Å². The van der Waals surface area contributed by atoms with Crippen LogP contribution in [0.1, 0.15) is 23.9 Å². The number of hydrogen-bond acceptors (Lipinski definition) is 8. The Balaban J connectivity index is 2.02. The lowest BCUT2D eigenvalue weighted by atomic mass is 10.1. The van der Waals surface area contributed by atoms with Crippen molar-refractivity contribution in [2.45, 2.75) is 20.4 Å². The zero-order chi connectivity index (χ0) is 19.2. The molecule has 0 aliphatic heterocycles. The number of nitrogens with zero attached hydrogens (tertiary/aromatic N) is 5. The van der Waals surface area contributed by atoms with Gasteiger partial charge in [0, 0.05) is 37.1 Å². The maximum atomic E-state index is 9.23. The van der Waals surface area contributed by atoms with Crippen molar-refractivity contribution in [3.8, 4) is 29.1 Å². The summed E-state index contributed by atoms with van der Waals surface area (Å²) in [5, 5.41) is 12.4. The fourth-order valence-electron chi connectivity index (χ4n) is 2.44. The summed E-state index contributed by atoms with van der Waals surface area (Å²) in [6.45, 7) is 4.86. The first-order valence-electron chi connectivity index (χ1n) is 8.46. The highest BCUT2D eigenvalue weighted by Gasteiger charge is 2.13. The molecular weight excluding hydrogens is 342 g/mol. The Labute approximate surface area is 157 Å². The van der Waals surface area contributed by atoms with Crippen LogP contribution in [0.4, 0.5) is 5.82 Å². The second kappa shape index (κ2) is 8.21. The normalized spacial score (nSPS) is 10.3. The first-order valence-corrected chi connectivity index (χ1v) is 8.46. The minimum absolute atomic E-state index is 0.366. The maximum absolute atomic E-state index is 9.23. The molecule has 0 saturated heterocycles. The van der Waals surface area contributed by atoms with Gasteiger partial charge in [0.05, 0.1) is 17.2 Å². The molecule has 2 heterocycles. The third-order valence-electron chi connectivity index (χ3n) is 3.68. The van der Waals surface area contributed by atoms with E-state index in [1.54, 1.807) is 43.6 Å². The molecule has 0 aliphatic carbocycles. The second-order valence-corrected chi connectivity index (χ2v) is 5.71. The Morgan fingerprint density at radius 2 is 1.96 bits per heavy atom. The number of anilines is 1. The van der Waals surface area contributed by atoms with E-state index in [2.05, 4.69) is 31.3 Å². The van der Waals surface area contributed by atoms with E-state index < -0.39 is 0 Å². The van der Waals surface area contributed by atoms with Gasteiger partial charge < -0.3 is 15.8 Å². The molecule has 2 aromatic heterocycles. The fraction of sp³-hybridized carbons (Fsp3) is 0.211. The maximum Gasteiger partial charge on any atom is 0.224 e. The molecule has 27 heavy (non-hydrogen) atoms. The molecule has 0 spiro atoms. The van der Waals surface area contributed by atoms with E-state index in [4.69, 9.17) is 10.5 Å². The summed E-state index contributed by atoms with van der Waals surface area (Å²) < 4.78 is 5.98. The number of ether oxygens (including phenoxy) is 1. The zero-order valence-corrected chi connectivity index (χ0v) is 15.1. The van der Waals surface area contributed by atoms with Crippen LogP contribution in [0.3, 0.4) is 0 Å². The monoisotopic (exact) mass is 361 g/mol. The summed E-state index contributed by atoms with van der Waals surface area (Å²) in [6, 6.07) is 8.90. The molecular formula is C19H19N7O. The van der Waals surface area contributed by atoms with Crippen LogP contribution in [0, 0.1) is 18.3 Å². The highest BCUT2D eigenvalue weighted by molar-refractivity contribution is 5.66. The van der Waals surface area contributed by atoms with Crippen LogP contribution < -0.4 is 15.8 Å². The highest BCUT2D eigenvalue weighted by atomic mass is 16.5. The van der Waals surface area contributed by atoms with Gasteiger partial charge in [-0.2, -0.15) is 10.2 Å². The number of nitriles is 1. The third-order valence-corrected chi connectivity index (χ3v) is 3.68. The van der Waals surface area contributed by atoms with Crippen molar-refractivity contribution in [3.63, 3.8) is 0 Å². The first kappa shape index (κ1) is 18.2. The summed E-state index contributed by atoms with van der Waals surface area (Å²) in [6.07, 6.45) is 3.34. The van der Waals surface area contributed by atoms with E-state index in [1.807, 2.05) is 6.92 Å². The lowest BCUT2D eigenvalue weighted by Crippen LogP contribution is -2.03. The van der Waals surface area contributed by atoms with Crippen LogP contribution in [0.2, 0.25) is 0 Å². The predicted molar refractivity (Wildman–Crippen MR) is 101 cm³/mol. The molecule has 0 radical (unpaired) electrons. The van der Waals surface area contributed by atoms with Crippen molar-refractivity contribution < 1.29 is 4.74 Å². The molecule has 8 nitrogen and oxygen atoms in total. The number of hydrogen-bond donors (Lipinski definition) is 2. The Morgan fingerprint density at radius 3 is 2.63 bits per heavy atom. The third kappa shape index (κ3) is 4.34. The summed E-state index contributed by atoms with van der Waals surface area (Å²) in [7, 11) is 0. The van der Waals surface area contributed by atoms with Crippen molar-refractivity contribution in [1.82, 2.24) is 19.9 Å². The molecule has 0 fully saturated rings.